The van der Waals surface area contributed by atoms with E-state index in [9.17, 15) is 18.8 Å². The Kier molecular flexibility index (Phi) is 6.27. The van der Waals surface area contributed by atoms with Crippen LogP contribution in [0.25, 0.3) is 5.69 Å². The third kappa shape index (κ3) is 4.72. The standard InChI is InChI=1S/C21H18ClFN4O3/c1-13-11-18(28)20(25-27(13)17-6-4-3-5-16(17)22)21(30)26(2)12-19(29)24-15-9-7-14(23)8-10-15/h3-11H,12H2,1-2H3,(H,24,29). The van der Waals surface area contributed by atoms with Crippen LogP contribution in [0.15, 0.2) is 59.4 Å². The van der Waals surface area contributed by atoms with Crippen molar-refractivity contribution in [3.05, 3.63) is 87.0 Å². The van der Waals surface area contributed by atoms with Gasteiger partial charge in [0.2, 0.25) is 11.3 Å². The van der Waals surface area contributed by atoms with E-state index in [0.717, 1.165) is 4.90 Å². The minimum Gasteiger partial charge on any atom is -0.331 e. The predicted molar refractivity (Wildman–Crippen MR) is 112 cm³/mol. The second-order valence-electron chi connectivity index (χ2n) is 6.58. The molecule has 1 heterocycles. The summed E-state index contributed by atoms with van der Waals surface area (Å²) in [6.45, 7) is 1.35. The first-order chi connectivity index (χ1) is 14.3. The molecule has 0 fully saturated rings. The summed E-state index contributed by atoms with van der Waals surface area (Å²) in [5.41, 5.74) is 0.504. The maximum absolute atomic E-state index is 13.0. The van der Waals surface area contributed by atoms with Gasteiger partial charge in [-0.1, -0.05) is 23.7 Å². The van der Waals surface area contributed by atoms with Crippen molar-refractivity contribution < 1.29 is 14.0 Å². The van der Waals surface area contributed by atoms with Gasteiger partial charge >= 0.3 is 0 Å². The van der Waals surface area contributed by atoms with Crippen LogP contribution in [0.5, 0.6) is 0 Å². The summed E-state index contributed by atoms with van der Waals surface area (Å²) < 4.78 is 14.4. The van der Waals surface area contributed by atoms with Gasteiger partial charge in [0.25, 0.3) is 5.91 Å². The SMILES string of the molecule is Cc1cc(=O)c(C(=O)N(C)CC(=O)Nc2ccc(F)cc2)nn1-c1ccccc1Cl. The highest BCUT2D eigenvalue weighted by Crippen LogP contribution is 2.19. The topological polar surface area (TPSA) is 84.3 Å². The number of hydrogen-bond donors (Lipinski definition) is 1. The minimum absolute atomic E-state index is 0.322. The smallest absolute Gasteiger partial charge is 0.278 e. The Labute approximate surface area is 176 Å². The van der Waals surface area contributed by atoms with Crippen molar-refractivity contribution in [1.29, 1.82) is 0 Å². The number of benzene rings is 2. The zero-order chi connectivity index (χ0) is 21.8. The van der Waals surface area contributed by atoms with Crippen LogP contribution in [-0.4, -0.2) is 40.1 Å². The number of carbonyl (C=O) groups is 2. The van der Waals surface area contributed by atoms with Crippen LogP contribution in [0, 0.1) is 12.7 Å². The van der Waals surface area contributed by atoms with E-state index < -0.39 is 23.1 Å². The van der Waals surface area contributed by atoms with Crippen molar-refractivity contribution in [2.75, 3.05) is 18.9 Å². The molecule has 2 amide bonds. The number of carbonyl (C=O) groups excluding carboxylic acids is 2. The van der Waals surface area contributed by atoms with E-state index in [4.69, 9.17) is 11.6 Å². The van der Waals surface area contributed by atoms with Crippen molar-refractivity contribution in [3.8, 4) is 5.69 Å². The number of likely N-dealkylation sites (N-methyl/N-ethyl adjacent to an activating group) is 1. The van der Waals surface area contributed by atoms with Gasteiger partial charge in [-0.2, -0.15) is 5.10 Å². The van der Waals surface area contributed by atoms with Gasteiger partial charge < -0.3 is 10.2 Å². The van der Waals surface area contributed by atoms with Gasteiger partial charge in [0.1, 0.15) is 5.82 Å². The Bertz CT molecular complexity index is 1160. The molecule has 3 aromatic rings. The predicted octanol–water partition coefficient (Wildman–Crippen LogP) is 3.04. The lowest BCUT2D eigenvalue weighted by atomic mass is 10.2. The second kappa shape index (κ2) is 8.87. The lowest BCUT2D eigenvalue weighted by Crippen LogP contribution is -2.38. The first kappa shape index (κ1) is 21.2. The number of anilines is 1. The highest BCUT2D eigenvalue weighted by molar-refractivity contribution is 6.32. The Morgan fingerprint density at radius 1 is 1.17 bits per heavy atom. The van der Waals surface area contributed by atoms with Crippen molar-refractivity contribution in [1.82, 2.24) is 14.7 Å². The largest absolute Gasteiger partial charge is 0.331 e. The molecular weight excluding hydrogens is 411 g/mol. The van der Waals surface area contributed by atoms with E-state index in [1.165, 1.54) is 42.1 Å². The molecule has 2 aromatic carbocycles. The second-order valence-corrected chi connectivity index (χ2v) is 6.99. The lowest BCUT2D eigenvalue weighted by Gasteiger charge is -2.18. The third-order valence-corrected chi connectivity index (χ3v) is 4.57. The van der Waals surface area contributed by atoms with Crippen LogP contribution in [-0.2, 0) is 4.79 Å². The molecule has 9 heteroatoms. The van der Waals surface area contributed by atoms with Crippen molar-refractivity contribution in [2.45, 2.75) is 6.92 Å². The molecule has 0 spiro atoms. The third-order valence-electron chi connectivity index (χ3n) is 4.25. The van der Waals surface area contributed by atoms with Crippen LogP contribution >= 0.6 is 11.6 Å². The number of aromatic nitrogens is 2. The van der Waals surface area contributed by atoms with Crippen LogP contribution in [0.1, 0.15) is 16.2 Å². The monoisotopic (exact) mass is 428 g/mol. The highest BCUT2D eigenvalue weighted by atomic mass is 35.5. The summed E-state index contributed by atoms with van der Waals surface area (Å²) in [5, 5.41) is 7.14. The Hall–Kier alpha value is -3.52. The van der Waals surface area contributed by atoms with E-state index in [1.807, 2.05) is 0 Å². The van der Waals surface area contributed by atoms with Gasteiger partial charge in [-0.15, -0.1) is 0 Å². The molecule has 0 aliphatic carbocycles. The fourth-order valence-corrected chi connectivity index (χ4v) is 2.98. The number of aryl methyl sites for hydroxylation is 1. The fourth-order valence-electron chi connectivity index (χ4n) is 2.76. The molecule has 154 valence electrons. The van der Waals surface area contributed by atoms with Crippen LogP contribution in [0.3, 0.4) is 0 Å². The van der Waals surface area contributed by atoms with E-state index in [-0.39, 0.29) is 12.2 Å². The summed E-state index contributed by atoms with van der Waals surface area (Å²) in [6.07, 6.45) is 0. The summed E-state index contributed by atoms with van der Waals surface area (Å²) in [5.74, 6) is -1.65. The zero-order valence-electron chi connectivity index (χ0n) is 16.2. The molecule has 0 bridgehead atoms. The number of hydrogen-bond acceptors (Lipinski definition) is 4. The highest BCUT2D eigenvalue weighted by Gasteiger charge is 2.21. The molecule has 30 heavy (non-hydrogen) atoms. The van der Waals surface area contributed by atoms with Gasteiger partial charge in [-0.25, -0.2) is 9.07 Å². The number of nitrogens with zero attached hydrogens (tertiary/aromatic N) is 3. The molecule has 3 rings (SSSR count). The first-order valence-electron chi connectivity index (χ1n) is 8.93. The van der Waals surface area contributed by atoms with Crippen LogP contribution in [0.4, 0.5) is 10.1 Å². The molecule has 0 saturated heterocycles. The molecule has 0 aliphatic rings. The van der Waals surface area contributed by atoms with E-state index in [0.29, 0.717) is 22.1 Å². The Morgan fingerprint density at radius 2 is 1.83 bits per heavy atom. The van der Waals surface area contributed by atoms with Gasteiger partial charge in [0, 0.05) is 24.5 Å². The molecular formula is C21H18ClFN4O3. The summed E-state index contributed by atoms with van der Waals surface area (Å²) in [4.78, 5) is 38.4. The summed E-state index contributed by atoms with van der Waals surface area (Å²) >= 11 is 6.21. The quantitative estimate of drug-likeness (QED) is 0.677. The van der Waals surface area contributed by atoms with Gasteiger partial charge in [0.15, 0.2) is 5.69 Å². The maximum atomic E-state index is 13.0. The molecule has 1 aromatic heterocycles. The van der Waals surface area contributed by atoms with Gasteiger partial charge in [-0.3, -0.25) is 14.4 Å². The zero-order valence-corrected chi connectivity index (χ0v) is 17.0. The maximum Gasteiger partial charge on any atom is 0.278 e. The average molecular weight is 429 g/mol. The fraction of sp³-hybridized carbons (Fsp3) is 0.143. The van der Waals surface area contributed by atoms with Crippen LogP contribution in [0.2, 0.25) is 5.02 Å². The molecule has 1 N–H and O–H groups in total. The number of halogens is 2. The van der Waals surface area contributed by atoms with Crippen LogP contribution < -0.4 is 10.7 Å². The van der Waals surface area contributed by atoms with E-state index in [2.05, 4.69) is 10.4 Å². The van der Waals surface area contributed by atoms with Crippen molar-refractivity contribution in [3.63, 3.8) is 0 Å². The number of amides is 2. The summed E-state index contributed by atoms with van der Waals surface area (Å²) in [6, 6.07) is 13.4. The van der Waals surface area contributed by atoms with Crippen molar-refractivity contribution in [2.24, 2.45) is 0 Å². The Balaban J connectivity index is 1.81. The molecule has 0 saturated carbocycles. The summed E-state index contributed by atoms with van der Waals surface area (Å²) in [7, 11) is 1.38. The minimum atomic E-state index is -0.713. The lowest BCUT2D eigenvalue weighted by molar-refractivity contribution is -0.116. The average Bonchev–Trinajstić information content (AvgIpc) is 2.70. The molecule has 7 nitrogen and oxygen atoms in total. The number of para-hydroxylation sites is 1. The first-order valence-corrected chi connectivity index (χ1v) is 9.31. The molecule has 0 unspecified atom stereocenters. The molecule has 0 radical (unpaired) electrons. The van der Waals surface area contributed by atoms with E-state index >= 15 is 0 Å². The van der Waals surface area contributed by atoms with Gasteiger partial charge in [0.05, 0.1) is 17.3 Å². The number of rotatable bonds is 5. The van der Waals surface area contributed by atoms with Crippen molar-refractivity contribution >= 4 is 29.1 Å². The normalized spacial score (nSPS) is 10.5. The number of nitrogens with one attached hydrogen (secondary N) is 1. The van der Waals surface area contributed by atoms with E-state index in [1.54, 1.807) is 31.2 Å². The molecule has 0 atom stereocenters. The molecule has 0 aliphatic heterocycles. The van der Waals surface area contributed by atoms with Gasteiger partial charge in [-0.05, 0) is 43.3 Å². The Morgan fingerprint density at radius 3 is 2.50 bits per heavy atom.